The Kier molecular flexibility index (Phi) is 9.14. The summed E-state index contributed by atoms with van der Waals surface area (Å²) in [6.45, 7) is 8.44. The summed E-state index contributed by atoms with van der Waals surface area (Å²) in [5, 5.41) is 3.51. The first kappa shape index (κ1) is 17.0. The molecule has 0 spiro atoms. The van der Waals surface area contributed by atoms with E-state index in [9.17, 15) is 0 Å². The van der Waals surface area contributed by atoms with Gasteiger partial charge in [0.15, 0.2) is 0 Å². The molecule has 0 saturated carbocycles. The number of unbranched alkanes of at least 4 members (excludes halogenated alkanes) is 5. The smallest absolute Gasteiger partial charge is 0.119 e. The van der Waals surface area contributed by atoms with Crippen LogP contribution in [0.4, 0.5) is 0 Å². The van der Waals surface area contributed by atoms with Crippen LogP contribution in [-0.2, 0) is 6.54 Å². The molecule has 0 atom stereocenters. The quantitative estimate of drug-likeness (QED) is 0.579. The van der Waals surface area contributed by atoms with Gasteiger partial charge in [-0.25, -0.2) is 0 Å². The van der Waals surface area contributed by atoms with Crippen molar-refractivity contribution in [3.05, 3.63) is 29.8 Å². The summed E-state index contributed by atoms with van der Waals surface area (Å²) in [5.74, 6) is 0.958. The van der Waals surface area contributed by atoms with E-state index >= 15 is 0 Å². The van der Waals surface area contributed by atoms with Crippen LogP contribution in [-0.4, -0.2) is 12.6 Å². The van der Waals surface area contributed by atoms with E-state index in [2.05, 4.69) is 50.4 Å². The van der Waals surface area contributed by atoms with E-state index in [1.807, 2.05) is 0 Å². The molecule has 0 fully saturated rings. The third-order valence-electron chi connectivity index (χ3n) is 3.33. The first-order valence-electron chi connectivity index (χ1n) is 8.18. The molecule has 0 unspecified atom stereocenters. The molecule has 2 heteroatoms. The molecule has 2 nitrogen and oxygen atoms in total. The number of nitrogens with one attached hydrogen (secondary N) is 1. The van der Waals surface area contributed by atoms with Crippen LogP contribution >= 0.6 is 0 Å². The molecular formula is C18H31NO. The number of benzene rings is 1. The van der Waals surface area contributed by atoms with Gasteiger partial charge in [-0.1, -0.05) is 51.2 Å². The molecular weight excluding hydrogens is 246 g/mol. The molecule has 0 amide bonds. The van der Waals surface area contributed by atoms with Crippen molar-refractivity contribution in [2.75, 3.05) is 6.54 Å². The van der Waals surface area contributed by atoms with E-state index < -0.39 is 0 Å². The van der Waals surface area contributed by atoms with Crippen molar-refractivity contribution in [3.63, 3.8) is 0 Å². The van der Waals surface area contributed by atoms with Gasteiger partial charge in [0.2, 0.25) is 0 Å². The highest BCUT2D eigenvalue weighted by Crippen LogP contribution is 2.13. The van der Waals surface area contributed by atoms with E-state index in [1.165, 1.54) is 44.1 Å². The first-order chi connectivity index (χ1) is 9.72. The third kappa shape index (κ3) is 8.21. The second-order valence-electron chi connectivity index (χ2n) is 5.76. The van der Waals surface area contributed by atoms with E-state index in [0.29, 0.717) is 0 Å². The lowest BCUT2D eigenvalue weighted by atomic mass is 10.1. The molecule has 1 N–H and O–H groups in total. The van der Waals surface area contributed by atoms with Gasteiger partial charge in [0.25, 0.3) is 0 Å². The Morgan fingerprint density at radius 2 is 1.60 bits per heavy atom. The van der Waals surface area contributed by atoms with Crippen LogP contribution in [0.1, 0.15) is 64.9 Å². The van der Waals surface area contributed by atoms with Gasteiger partial charge >= 0.3 is 0 Å². The van der Waals surface area contributed by atoms with Gasteiger partial charge in [-0.3, -0.25) is 0 Å². The number of hydrogen-bond acceptors (Lipinski definition) is 2. The van der Waals surface area contributed by atoms with Crippen molar-refractivity contribution < 1.29 is 4.74 Å². The van der Waals surface area contributed by atoms with Crippen molar-refractivity contribution in [2.24, 2.45) is 0 Å². The molecule has 0 aliphatic heterocycles. The fourth-order valence-corrected chi connectivity index (χ4v) is 2.22. The maximum atomic E-state index is 5.64. The minimum atomic E-state index is 0.242. The fourth-order valence-electron chi connectivity index (χ4n) is 2.22. The minimum absolute atomic E-state index is 0.242. The highest BCUT2D eigenvalue weighted by molar-refractivity contribution is 5.27. The van der Waals surface area contributed by atoms with Gasteiger partial charge in [-0.2, -0.15) is 0 Å². The van der Waals surface area contributed by atoms with Gasteiger partial charge in [-0.15, -0.1) is 0 Å². The van der Waals surface area contributed by atoms with Crippen LogP contribution in [0.5, 0.6) is 5.75 Å². The molecule has 20 heavy (non-hydrogen) atoms. The average Bonchev–Trinajstić information content (AvgIpc) is 2.43. The molecule has 0 aromatic heterocycles. The molecule has 0 aliphatic carbocycles. The summed E-state index contributed by atoms with van der Waals surface area (Å²) in [6, 6.07) is 8.40. The second kappa shape index (κ2) is 10.7. The number of hydrogen-bond donors (Lipinski definition) is 1. The third-order valence-corrected chi connectivity index (χ3v) is 3.33. The SMILES string of the molecule is CCCCCCCCNCc1ccc(OC(C)C)cc1. The van der Waals surface area contributed by atoms with Crippen molar-refractivity contribution in [2.45, 2.75) is 71.9 Å². The Morgan fingerprint density at radius 1 is 0.950 bits per heavy atom. The molecule has 0 saturated heterocycles. The second-order valence-corrected chi connectivity index (χ2v) is 5.76. The van der Waals surface area contributed by atoms with Gasteiger partial charge in [0, 0.05) is 6.54 Å². The van der Waals surface area contributed by atoms with Crippen LogP contribution in [0.3, 0.4) is 0 Å². The largest absolute Gasteiger partial charge is 0.491 e. The summed E-state index contributed by atoms with van der Waals surface area (Å²) in [7, 11) is 0. The van der Waals surface area contributed by atoms with Crippen LogP contribution in [0.2, 0.25) is 0 Å². The molecule has 0 bridgehead atoms. The lowest BCUT2D eigenvalue weighted by Crippen LogP contribution is -2.14. The molecule has 0 aliphatic rings. The fraction of sp³-hybridized carbons (Fsp3) is 0.667. The predicted molar refractivity (Wildman–Crippen MR) is 87.3 cm³/mol. The predicted octanol–water partition coefficient (Wildman–Crippen LogP) is 4.92. The average molecular weight is 277 g/mol. The Morgan fingerprint density at radius 3 is 2.25 bits per heavy atom. The number of ether oxygens (including phenoxy) is 1. The highest BCUT2D eigenvalue weighted by Gasteiger charge is 1.98. The summed E-state index contributed by atoms with van der Waals surface area (Å²) in [5.41, 5.74) is 1.33. The number of rotatable bonds is 11. The minimum Gasteiger partial charge on any atom is -0.491 e. The van der Waals surface area contributed by atoms with Crippen LogP contribution in [0.25, 0.3) is 0 Å². The maximum absolute atomic E-state index is 5.64. The Labute approximate surface area is 124 Å². The van der Waals surface area contributed by atoms with Gasteiger partial charge in [0.05, 0.1) is 6.10 Å². The van der Waals surface area contributed by atoms with E-state index in [4.69, 9.17) is 4.74 Å². The molecule has 1 aromatic carbocycles. The van der Waals surface area contributed by atoms with Gasteiger partial charge < -0.3 is 10.1 Å². The normalized spacial score (nSPS) is 11.0. The zero-order valence-electron chi connectivity index (χ0n) is 13.5. The Hall–Kier alpha value is -1.02. The summed E-state index contributed by atoms with van der Waals surface area (Å²) in [6.07, 6.45) is 8.39. The summed E-state index contributed by atoms with van der Waals surface area (Å²) in [4.78, 5) is 0. The van der Waals surface area contributed by atoms with Crippen molar-refractivity contribution in [1.82, 2.24) is 5.32 Å². The summed E-state index contributed by atoms with van der Waals surface area (Å²) < 4.78 is 5.64. The van der Waals surface area contributed by atoms with Crippen molar-refractivity contribution >= 4 is 0 Å². The van der Waals surface area contributed by atoms with E-state index in [0.717, 1.165) is 18.8 Å². The lowest BCUT2D eigenvalue weighted by molar-refractivity contribution is 0.242. The lowest BCUT2D eigenvalue weighted by Gasteiger charge is -2.10. The Balaban J connectivity index is 2.07. The van der Waals surface area contributed by atoms with Gasteiger partial charge in [0.1, 0.15) is 5.75 Å². The molecule has 0 radical (unpaired) electrons. The monoisotopic (exact) mass is 277 g/mol. The molecule has 114 valence electrons. The highest BCUT2D eigenvalue weighted by atomic mass is 16.5. The summed E-state index contributed by atoms with van der Waals surface area (Å²) >= 11 is 0. The van der Waals surface area contributed by atoms with Crippen LogP contribution in [0, 0.1) is 0 Å². The van der Waals surface area contributed by atoms with E-state index in [1.54, 1.807) is 0 Å². The van der Waals surface area contributed by atoms with Gasteiger partial charge in [-0.05, 0) is 44.5 Å². The molecule has 1 aromatic rings. The zero-order valence-corrected chi connectivity index (χ0v) is 13.5. The van der Waals surface area contributed by atoms with Crippen LogP contribution < -0.4 is 10.1 Å². The van der Waals surface area contributed by atoms with E-state index in [-0.39, 0.29) is 6.10 Å². The first-order valence-corrected chi connectivity index (χ1v) is 8.18. The van der Waals surface area contributed by atoms with Crippen molar-refractivity contribution in [1.29, 1.82) is 0 Å². The molecule has 0 heterocycles. The maximum Gasteiger partial charge on any atom is 0.119 e. The van der Waals surface area contributed by atoms with Crippen molar-refractivity contribution in [3.8, 4) is 5.75 Å². The zero-order chi connectivity index (χ0) is 14.6. The Bertz CT molecular complexity index is 332. The molecule has 1 rings (SSSR count). The topological polar surface area (TPSA) is 21.3 Å². The van der Waals surface area contributed by atoms with Crippen LogP contribution in [0.15, 0.2) is 24.3 Å². The standard InChI is InChI=1S/C18H31NO/c1-4-5-6-7-8-9-14-19-15-17-10-12-18(13-11-17)20-16(2)3/h10-13,16,19H,4-9,14-15H2,1-3H3.